The van der Waals surface area contributed by atoms with Crippen molar-refractivity contribution in [3.05, 3.63) is 359 Å². The molecule has 16 rings (SSSR count). The number of nitrogens with zero attached hydrogens (tertiary/aromatic N) is 24. The molecule has 0 saturated heterocycles. The average Bonchev–Trinajstić information content (AvgIpc) is 1.24. The van der Waals surface area contributed by atoms with Crippen LogP contribution in [0.1, 0.15) is 216 Å². The summed E-state index contributed by atoms with van der Waals surface area (Å²) in [7, 11) is 0. The number of rotatable bonds is 37. The van der Waals surface area contributed by atoms with Crippen LogP contribution in [-0.4, -0.2) is 135 Å². The van der Waals surface area contributed by atoms with E-state index < -0.39 is 0 Å². The van der Waals surface area contributed by atoms with E-state index in [4.69, 9.17) is 41.0 Å². The van der Waals surface area contributed by atoms with E-state index in [1.165, 1.54) is 0 Å². The molecular formula is C113H138N24O. The lowest BCUT2D eigenvalue weighted by atomic mass is 9.91. The van der Waals surface area contributed by atoms with Gasteiger partial charge in [-0.3, -0.25) is 39.5 Å². The Hall–Kier alpha value is -14.3. The van der Waals surface area contributed by atoms with Crippen LogP contribution in [0.2, 0.25) is 0 Å². The van der Waals surface area contributed by atoms with Gasteiger partial charge in [-0.05, 0) is 168 Å². The number of benzene rings is 8. The monoisotopic (exact) mass is 1850 g/mol. The first-order chi connectivity index (χ1) is 65.0. The molecule has 16 aromatic rings. The fourth-order valence-electron chi connectivity index (χ4n) is 17.5. The van der Waals surface area contributed by atoms with Crippen molar-refractivity contribution in [1.29, 1.82) is 21.0 Å². The Bertz CT molecular complexity index is 6570. The molecule has 0 amide bonds. The summed E-state index contributed by atoms with van der Waals surface area (Å²) in [4.78, 5) is 29.2. The summed E-state index contributed by atoms with van der Waals surface area (Å²) in [6.45, 7) is 36.1. The zero-order valence-corrected chi connectivity index (χ0v) is 79.1. The zero-order chi connectivity index (χ0) is 94.4. The van der Waals surface area contributed by atoms with Crippen LogP contribution in [-0.2, 0) is 78.5 Å². The molecule has 0 radical (unpaired) electrons. The van der Waals surface area contributed by atoms with Crippen LogP contribution in [0, 0.1) is 80.8 Å². The summed E-state index contributed by atoms with van der Waals surface area (Å²) in [5.74, 6) is 6.54. The van der Waals surface area contributed by atoms with Crippen LogP contribution in [0.4, 0.5) is 0 Å². The minimum atomic E-state index is -0.0432. The number of aliphatic hydroxyl groups excluding tert-OH is 1. The fourth-order valence-corrected chi connectivity index (χ4v) is 17.5. The molecule has 0 aliphatic carbocycles. The third kappa shape index (κ3) is 30.9. The van der Waals surface area contributed by atoms with Crippen molar-refractivity contribution in [2.45, 2.75) is 222 Å². The van der Waals surface area contributed by atoms with Gasteiger partial charge < -0.3 is 23.4 Å². The number of aliphatic hydroxyl groups is 1. The number of nitriles is 4. The number of aromatic nitrogens is 16. The first-order valence-electron chi connectivity index (χ1n) is 46.4. The van der Waals surface area contributed by atoms with Gasteiger partial charge in [0.25, 0.3) is 0 Å². The number of hydrogen-bond donors (Lipinski definition) is 1. The summed E-state index contributed by atoms with van der Waals surface area (Å²) >= 11 is 0. The normalized spacial score (nSPS) is 11.5. The lowest BCUT2D eigenvalue weighted by molar-refractivity contribution is 0.0744. The van der Waals surface area contributed by atoms with E-state index in [0.29, 0.717) is 123 Å². The Morgan fingerprint density at radius 1 is 0.297 bits per heavy atom. The Morgan fingerprint density at radius 2 is 0.572 bits per heavy atom. The molecule has 0 bridgehead atoms. The van der Waals surface area contributed by atoms with Gasteiger partial charge in [0.2, 0.25) is 0 Å². The maximum atomic E-state index is 10.2. The molecule has 0 saturated carbocycles. The van der Waals surface area contributed by atoms with Gasteiger partial charge in [0, 0.05) is 72.4 Å². The predicted octanol–water partition coefficient (Wildman–Crippen LogP) is 22.4. The van der Waals surface area contributed by atoms with Crippen LogP contribution >= 0.6 is 0 Å². The Labute approximate surface area is 817 Å². The van der Waals surface area contributed by atoms with Gasteiger partial charge in [-0.25, -0.2) is 0 Å². The lowest BCUT2D eigenvalue weighted by Crippen LogP contribution is -2.42. The zero-order valence-electron chi connectivity index (χ0n) is 79.1. The maximum absolute atomic E-state index is 10.2. The second-order valence-corrected chi connectivity index (χ2v) is 36.9. The minimum Gasteiger partial charge on any atom is -0.395 e. The maximum Gasteiger partial charge on any atom is 0.147 e. The van der Waals surface area contributed by atoms with E-state index in [2.05, 4.69) is 272 Å². The van der Waals surface area contributed by atoms with Crippen LogP contribution in [0.25, 0.3) is 43.6 Å². The second-order valence-electron chi connectivity index (χ2n) is 36.9. The predicted molar refractivity (Wildman–Crippen MR) is 554 cm³/mol. The molecule has 0 aliphatic rings. The van der Waals surface area contributed by atoms with E-state index in [0.717, 1.165) is 151 Å². The summed E-state index contributed by atoms with van der Waals surface area (Å²) < 4.78 is 8.30. The Kier molecular flexibility index (Phi) is 41.5. The molecule has 25 heteroatoms. The third-order valence-electron chi connectivity index (χ3n) is 23.9. The quantitative estimate of drug-likeness (QED) is 0.0378. The standard InChI is InChI=1S/C30H36N6.C28H32N6.C26H28N6O.C25H26N6.4CH4/c1-22(2)15-28(16-23(3)4)35(19-27-14-13-26-7-5-6-8-29(26)33-27)20-30-34-32-21-36(30)18-25-11-9-24(17-31)10-12-25;1-20(2)28(21(3)4)33(17-25-14-13-24-7-5-6-8-26(24)31-25)18-27-32-30-19-34(27)16-23-11-9-22(15-29)10-12-23;1-19(2)25(17-33)31(15-23-12-11-22-5-3-4-6-24(22)29-23)16-26-30-28-18-32(26)14-21-9-7-20(13-27)8-10-21;1-19(2)14-30(16-23-12-11-22-5-3-4-6-24(22)28-23)17-25-29-27-18-31(25)15-21-9-7-20(13-26)8-10-21;;;;/h5-14,21-23,28H,15-16,18-20H2,1-4H3;5-14,19-21,28H,16-18H2,1-4H3;3-12,18-19,25,33H,14-17H2,1-2H3;3-12,18-19H,14-17H2,1-2H3;4*1H4. The highest BCUT2D eigenvalue weighted by Gasteiger charge is 2.30. The van der Waals surface area contributed by atoms with Gasteiger partial charge >= 0.3 is 0 Å². The van der Waals surface area contributed by atoms with Gasteiger partial charge in [-0.1, -0.05) is 258 Å². The number of hydrogen-bond acceptors (Lipinski definition) is 21. The Morgan fingerprint density at radius 3 is 0.855 bits per heavy atom. The molecule has 1 unspecified atom stereocenters. The molecule has 8 aromatic carbocycles. The molecule has 8 heterocycles. The molecule has 1 atom stereocenters. The SMILES string of the molecule is C.C.C.C.CC(C)C(C(C)C)N(Cc1ccc2ccccc2n1)Cc1nncn1Cc1ccc(C#N)cc1.CC(C)C(CO)N(Cc1ccc2ccccc2n1)Cc1nncn1Cc1ccc(C#N)cc1.CC(C)CC(CC(C)C)N(Cc1ccc2ccccc2n1)Cc1nncn1Cc1ccc(C#N)cc1.CC(C)CN(Cc1ccc2ccccc2n1)Cc1nncn1Cc1ccc(C#N)cc1. The molecule has 25 nitrogen and oxygen atoms in total. The molecule has 138 heavy (non-hydrogen) atoms. The van der Waals surface area contributed by atoms with Crippen molar-refractivity contribution >= 4 is 43.6 Å². The van der Waals surface area contributed by atoms with E-state index >= 15 is 0 Å². The summed E-state index contributed by atoms with van der Waals surface area (Å²) in [6, 6.07) is 89.8. The highest BCUT2D eigenvalue weighted by molar-refractivity contribution is 5.80. The molecule has 1 N–H and O–H groups in total. The van der Waals surface area contributed by atoms with Crippen molar-refractivity contribution in [3.8, 4) is 24.3 Å². The van der Waals surface area contributed by atoms with Gasteiger partial charge in [0.15, 0.2) is 0 Å². The van der Waals surface area contributed by atoms with Crippen LogP contribution in [0.15, 0.2) is 268 Å². The first kappa shape index (κ1) is 107. The number of para-hydroxylation sites is 4. The van der Waals surface area contributed by atoms with E-state index in [9.17, 15) is 5.11 Å². The molecular weight excluding hydrogens is 1710 g/mol. The summed E-state index contributed by atoms with van der Waals surface area (Å²) in [5.41, 5.74) is 15.2. The van der Waals surface area contributed by atoms with Gasteiger partial charge in [0.05, 0.1) is 150 Å². The van der Waals surface area contributed by atoms with Gasteiger partial charge in [0.1, 0.15) is 48.6 Å². The molecule has 0 fully saturated rings. The van der Waals surface area contributed by atoms with Crippen LogP contribution in [0.5, 0.6) is 0 Å². The van der Waals surface area contributed by atoms with Crippen LogP contribution < -0.4 is 0 Å². The molecule has 0 spiro atoms. The highest BCUT2D eigenvalue weighted by atomic mass is 16.3. The molecule has 0 aliphatic heterocycles. The largest absolute Gasteiger partial charge is 0.395 e. The van der Waals surface area contributed by atoms with E-state index in [-0.39, 0.29) is 48.3 Å². The van der Waals surface area contributed by atoms with Gasteiger partial charge in [-0.2, -0.15) is 21.0 Å². The number of pyridine rings is 4. The van der Waals surface area contributed by atoms with E-state index in [1.807, 2.05) is 156 Å². The second kappa shape index (κ2) is 53.3. The average molecular weight is 1850 g/mol. The summed E-state index contributed by atoms with van der Waals surface area (Å²) in [5, 5.41) is 85.4. The first-order valence-corrected chi connectivity index (χ1v) is 46.4. The van der Waals surface area contributed by atoms with Crippen molar-refractivity contribution in [2.24, 2.45) is 35.5 Å². The topological polar surface area (TPSA) is 303 Å². The smallest absolute Gasteiger partial charge is 0.147 e. The summed E-state index contributed by atoms with van der Waals surface area (Å²) in [6.07, 6.45) is 9.34. The Balaban J connectivity index is 0.000000204. The highest BCUT2D eigenvalue weighted by Crippen LogP contribution is 2.29. The molecule has 716 valence electrons. The fraction of sp³-hybridized carbons (Fsp3) is 0.363. The lowest BCUT2D eigenvalue weighted by Gasteiger charge is -2.37. The molecule has 8 aromatic heterocycles. The van der Waals surface area contributed by atoms with Crippen molar-refractivity contribution in [1.82, 2.24) is 98.6 Å². The number of fused-ring (bicyclic) bond motifs is 4. The van der Waals surface area contributed by atoms with Crippen molar-refractivity contribution < 1.29 is 5.11 Å². The third-order valence-corrected chi connectivity index (χ3v) is 23.9. The van der Waals surface area contributed by atoms with Gasteiger partial charge in [-0.15, -0.1) is 40.8 Å². The van der Waals surface area contributed by atoms with E-state index in [1.54, 1.807) is 25.3 Å². The van der Waals surface area contributed by atoms with Crippen molar-refractivity contribution in [3.63, 3.8) is 0 Å². The van der Waals surface area contributed by atoms with Crippen LogP contribution in [0.3, 0.4) is 0 Å². The minimum absolute atomic E-state index is 0. The van der Waals surface area contributed by atoms with Crippen molar-refractivity contribution in [2.75, 3.05) is 13.2 Å².